The zero-order chi connectivity index (χ0) is 17.1. The third kappa shape index (κ3) is 3.30. The summed E-state index contributed by atoms with van der Waals surface area (Å²) >= 11 is 0. The fourth-order valence-electron chi connectivity index (χ4n) is 3.36. The van der Waals surface area contributed by atoms with Gasteiger partial charge in [-0.3, -0.25) is 9.48 Å². The minimum Gasteiger partial charge on any atom is -0.496 e. The molecule has 1 aliphatic carbocycles. The Kier molecular flexibility index (Phi) is 4.88. The molecule has 0 radical (unpaired) electrons. The molecule has 0 saturated carbocycles. The highest BCUT2D eigenvalue weighted by Gasteiger charge is 2.19. The van der Waals surface area contributed by atoms with Crippen LogP contribution >= 0.6 is 0 Å². The molecule has 0 atom stereocenters. The van der Waals surface area contributed by atoms with Gasteiger partial charge in [-0.25, -0.2) is 0 Å². The number of benzene rings is 1. The first-order chi connectivity index (χ1) is 11.6. The highest BCUT2D eigenvalue weighted by Crippen LogP contribution is 2.29. The highest BCUT2D eigenvalue weighted by atomic mass is 16.5. The molecule has 5 heteroatoms. The van der Waals surface area contributed by atoms with Crippen molar-refractivity contribution in [3.05, 3.63) is 40.6 Å². The molecule has 0 unspecified atom stereocenters. The van der Waals surface area contributed by atoms with Crippen LogP contribution in [0.15, 0.2) is 18.2 Å². The standard InChI is InChI=1S/C19H25N3O2/c1-4-22-13(2)10-18(21-22)20-19(23)16-11-14-8-6-5-7-9-15(14)12-17(16)24-3/h10-12H,4-9H2,1-3H3,(H,20,21,23). The predicted molar refractivity (Wildman–Crippen MR) is 94.8 cm³/mol. The maximum absolute atomic E-state index is 12.7. The molecule has 5 nitrogen and oxygen atoms in total. The van der Waals surface area contributed by atoms with E-state index < -0.39 is 0 Å². The van der Waals surface area contributed by atoms with E-state index in [1.165, 1.54) is 30.4 Å². The lowest BCUT2D eigenvalue weighted by Crippen LogP contribution is -2.15. The van der Waals surface area contributed by atoms with E-state index in [0.29, 0.717) is 17.1 Å². The van der Waals surface area contributed by atoms with Crippen LogP contribution in [0.4, 0.5) is 5.82 Å². The molecule has 1 aromatic carbocycles. The SMILES string of the molecule is CCn1nc(NC(=O)c2cc3c(cc2OC)CCCCC3)cc1C. The monoisotopic (exact) mass is 327 g/mol. The molecule has 1 N–H and O–H groups in total. The van der Waals surface area contributed by atoms with Gasteiger partial charge in [0.15, 0.2) is 5.82 Å². The van der Waals surface area contributed by atoms with Crippen LogP contribution in [0.1, 0.15) is 53.4 Å². The molecule has 0 bridgehead atoms. The molecule has 2 aromatic rings. The predicted octanol–water partition coefficient (Wildman–Crippen LogP) is 3.74. The van der Waals surface area contributed by atoms with Gasteiger partial charge in [-0.1, -0.05) is 6.42 Å². The number of aromatic nitrogens is 2. The summed E-state index contributed by atoms with van der Waals surface area (Å²) in [4.78, 5) is 12.7. The number of rotatable bonds is 4. The van der Waals surface area contributed by atoms with Crippen molar-refractivity contribution in [2.24, 2.45) is 0 Å². The van der Waals surface area contributed by atoms with Crippen molar-refractivity contribution in [1.82, 2.24) is 9.78 Å². The molecular weight excluding hydrogens is 302 g/mol. The summed E-state index contributed by atoms with van der Waals surface area (Å²) in [6, 6.07) is 5.92. The van der Waals surface area contributed by atoms with Crippen LogP contribution in [0, 0.1) is 6.92 Å². The Hall–Kier alpha value is -2.30. The van der Waals surface area contributed by atoms with Crippen LogP contribution in [0.5, 0.6) is 5.75 Å². The van der Waals surface area contributed by atoms with E-state index in [2.05, 4.69) is 10.4 Å². The van der Waals surface area contributed by atoms with Gasteiger partial charge in [-0.15, -0.1) is 0 Å². The van der Waals surface area contributed by atoms with Crippen LogP contribution in [0.2, 0.25) is 0 Å². The Morgan fingerprint density at radius 3 is 2.54 bits per heavy atom. The summed E-state index contributed by atoms with van der Waals surface area (Å²) in [5.41, 5.74) is 4.20. The average molecular weight is 327 g/mol. The van der Waals surface area contributed by atoms with Crippen LogP contribution < -0.4 is 10.1 Å². The lowest BCUT2D eigenvalue weighted by atomic mass is 9.98. The molecular formula is C19H25N3O2. The van der Waals surface area contributed by atoms with E-state index in [1.807, 2.05) is 36.7 Å². The Labute approximate surface area is 143 Å². The van der Waals surface area contributed by atoms with Crippen molar-refractivity contribution in [1.29, 1.82) is 0 Å². The number of carbonyl (C=O) groups excluding carboxylic acids is 1. The largest absolute Gasteiger partial charge is 0.496 e. The summed E-state index contributed by atoms with van der Waals surface area (Å²) in [7, 11) is 1.62. The van der Waals surface area contributed by atoms with E-state index >= 15 is 0 Å². The number of anilines is 1. The van der Waals surface area contributed by atoms with Crippen molar-refractivity contribution >= 4 is 11.7 Å². The summed E-state index contributed by atoms with van der Waals surface area (Å²) < 4.78 is 7.34. The lowest BCUT2D eigenvalue weighted by Gasteiger charge is -2.13. The summed E-state index contributed by atoms with van der Waals surface area (Å²) in [6.07, 6.45) is 5.72. The van der Waals surface area contributed by atoms with E-state index in [0.717, 1.165) is 25.1 Å². The van der Waals surface area contributed by atoms with E-state index in [-0.39, 0.29) is 5.91 Å². The van der Waals surface area contributed by atoms with Gasteiger partial charge < -0.3 is 10.1 Å². The summed E-state index contributed by atoms with van der Waals surface area (Å²) in [5.74, 6) is 1.05. The second kappa shape index (κ2) is 7.07. The molecule has 24 heavy (non-hydrogen) atoms. The lowest BCUT2D eigenvalue weighted by molar-refractivity contribution is 0.102. The first-order valence-electron chi connectivity index (χ1n) is 8.68. The number of amides is 1. The number of nitrogens with zero attached hydrogens (tertiary/aromatic N) is 2. The molecule has 0 fully saturated rings. The first kappa shape index (κ1) is 16.6. The summed E-state index contributed by atoms with van der Waals surface area (Å²) in [6.45, 7) is 4.79. The molecule has 1 aromatic heterocycles. The normalized spacial score (nSPS) is 14.0. The van der Waals surface area contributed by atoms with Gasteiger partial charge in [-0.2, -0.15) is 5.10 Å². The molecule has 0 saturated heterocycles. The van der Waals surface area contributed by atoms with Crippen LogP contribution in [0.3, 0.4) is 0 Å². The highest BCUT2D eigenvalue weighted by molar-refractivity contribution is 6.06. The zero-order valence-corrected chi connectivity index (χ0v) is 14.7. The van der Waals surface area contributed by atoms with Crippen molar-refractivity contribution < 1.29 is 9.53 Å². The van der Waals surface area contributed by atoms with E-state index in [9.17, 15) is 4.79 Å². The van der Waals surface area contributed by atoms with Gasteiger partial charge in [0.05, 0.1) is 12.7 Å². The third-order valence-corrected chi connectivity index (χ3v) is 4.68. The topological polar surface area (TPSA) is 56.2 Å². The molecule has 1 aliphatic rings. The van der Waals surface area contributed by atoms with Crippen molar-refractivity contribution in [3.63, 3.8) is 0 Å². The number of fused-ring (bicyclic) bond motifs is 1. The van der Waals surface area contributed by atoms with E-state index in [1.54, 1.807) is 7.11 Å². The molecule has 1 heterocycles. The van der Waals surface area contributed by atoms with Gasteiger partial charge in [0.1, 0.15) is 5.75 Å². The van der Waals surface area contributed by atoms with Gasteiger partial charge in [0.2, 0.25) is 0 Å². The molecule has 0 spiro atoms. The van der Waals surface area contributed by atoms with Gasteiger partial charge in [0, 0.05) is 18.3 Å². The van der Waals surface area contributed by atoms with Gasteiger partial charge >= 0.3 is 0 Å². The minimum absolute atomic E-state index is 0.167. The van der Waals surface area contributed by atoms with Crippen molar-refractivity contribution in [2.75, 3.05) is 12.4 Å². The van der Waals surface area contributed by atoms with Gasteiger partial charge in [0.25, 0.3) is 5.91 Å². The Morgan fingerprint density at radius 1 is 1.21 bits per heavy atom. The quantitative estimate of drug-likeness (QED) is 0.870. The molecule has 0 aliphatic heterocycles. The molecule has 128 valence electrons. The van der Waals surface area contributed by atoms with Crippen LogP contribution in [-0.2, 0) is 19.4 Å². The maximum Gasteiger partial charge on any atom is 0.260 e. The number of hydrogen-bond acceptors (Lipinski definition) is 3. The molecule has 3 rings (SSSR count). The first-order valence-corrected chi connectivity index (χ1v) is 8.68. The van der Waals surface area contributed by atoms with Gasteiger partial charge in [-0.05, 0) is 62.8 Å². The minimum atomic E-state index is -0.167. The number of hydrogen-bond donors (Lipinski definition) is 1. The Bertz CT molecular complexity index is 749. The van der Waals surface area contributed by atoms with Crippen molar-refractivity contribution in [3.8, 4) is 5.75 Å². The number of ether oxygens (including phenoxy) is 1. The number of nitrogens with one attached hydrogen (secondary N) is 1. The zero-order valence-electron chi connectivity index (χ0n) is 14.7. The second-order valence-electron chi connectivity index (χ2n) is 6.32. The van der Waals surface area contributed by atoms with Crippen molar-refractivity contribution in [2.45, 2.75) is 52.5 Å². The summed E-state index contributed by atoms with van der Waals surface area (Å²) in [5, 5.41) is 7.30. The maximum atomic E-state index is 12.7. The average Bonchev–Trinajstić information content (AvgIpc) is 2.79. The Morgan fingerprint density at radius 2 is 1.92 bits per heavy atom. The van der Waals surface area contributed by atoms with E-state index in [4.69, 9.17) is 4.74 Å². The Balaban J connectivity index is 1.89. The van der Waals surface area contributed by atoms with Crippen LogP contribution in [-0.4, -0.2) is 22.8 Å². The number of methoxy groups -OCH3 is 1. The molecule has 1 amide bonds. The fraction of sp³-hybridized carbons (Fsp3) is 0.474. The third-order valence-electron chi connectivity index (χ3n) is 4.68. The number of carbonyl (C=O) groups is 1. The smallest absolute Gasteiger partial charge is 0.260 e. The number of aryl methyl sites for hydroxylation is 4. The van der Waals surface area contributed by atoms with Crippen LogP contribution in [0.25, 0.3) is 0 Å². The fourth-order valence-corrected chi connectivity index (χ4v) is 3.36. The second-order valence-corrected chi connectivity index (χ2v) is 6.32.